The molecule has 0 saturated carbocycles. The lowest BCUT2D eigenvalue weighted by molar-refractivity contribution is 0.0715. The van der Waals surface area contributed by atoms with Crippen molar-refractivity contribution in [2.45, 2.75) is 13.1 Å². The number of hydrogen-bond acceptors (Lipinski definition) is 3. The number of aromatic nitrogens is 1. The highest BCUT2D eigenvalue weighted by molar-refractivity contribution is 6.30. The summed E-state index contributed by atoms with van der Waals surface area (Å²) in [4.78, 5) is 18.8. The Morgan fingerprint density at radius 3 is 2.70 bits per heavy atom. The maximum Gasteiger partial charge on any atom is 0.254 e. The summed E-state index contributed by atoms with van der Waals surface area (Å²) >= 11 is 5.99. The highest BCUT2D eigenvalue weighted by atomic mass is 35.5. The van der Waals surface area contributed by atoms with E-state index in [9.17, 15) is 4.79 Å². The van der Waals surface area contributed by atoms with E-state index in [-0.39, 0.29) is 5.91 Å². The quantitative estimate of drug-likeness (QED) is 0.707. The minimum absolute atomic E-state index is 0.116. The molecule has 4 nitrogen and oxygen atoms in total. The van der Waals surface area contributed by atoms with Crippen molar-refractivity contribution in [1.29, 1.82) is 0 Å². The van der Waals surface area contributed by atoms with Crippen LogP contribution < -0.4 is 0 Å². The highest BCUT2D eigenvalue weighted by Crippen LogP contribution is 2.16. The first-order valence-electron chi connectivity index (χ1n) is 7.19. The van der Waals surface area contributed by atoms with E-state index < -0.39 is 0 Å². The number of furan rings is 1. The molecule has 0 bridgehead atoms. The van der Waals surface area contributed by atoms with Crippen molar-refractivity contribution in [3.8, 4) is 0 Å². The Morgan fingerprint density at radius 1 is 1.09 bits per heavy atom. The second-order valence-corrected chi connectivity index (χ2v) is 5.51. The molecule has 1 aromatic carbocycles. The van der Waals surface area contributed by atoms with Gasteiger partial charge in [0.15, 0.2) is 0 Å². The van der Waals surface area contributed by atoms with E-state index in [1.54, 1.807) is 47.7 Å². The van der Waals surface area contributed by atoms with Crippen molar-refractivity contribution in [3.63, 3.8) is 0 Å². The molecule has 2 heterocycles. The van der Waals surface area contributed by atoms with E-state index in [4.69, 9.17) is 16.0 Å². The van der Waals surface area contributed by atoms with Gasteiger partial charge in [0.25, 0.3) is 5.91 Å². The normalized spacial score (nSPS) is 10.5. The van der Waals surface area contributed by atoms with Crippen molar-refractivity contribution in [3.05, 3.63) is 89.1 Å². The van der Waals surface area contributed by atoms with Crippen LogP contribution in [0.1, 0.15) is 21.8 Å². The molecule has 116 valence electrons. The van der Waals surface area contributed by atoms with E-state index in [0.29, 0.717) is 23.7 Å². The van der Waals surface area contributed by atoms with Gasteiger partial charge in [0, 0.05) is 16.8 Å². The molecule has 0 aliphatic heterocycles. The van der Waals surface area contributed by atoms with Crippen molar-refractivity contribution >= 4 is 17.5 Å². The van der Waals surface area contributed by atoms with E-state index in [2.05, 4.69) is 4.98 Å². The maximum atomic E-state index is 12.8. The lowest BCUT2D eigenvalue weighted by Crippen LogP contribution is -2.30. The number of hydrogen-bond donors (Lipinski definition) is 0. The molecule has 5 heteroatoms. The number of carbonyl (C=O) groups excluding carboxylic acids is 1. The van der Waals surface area contributed by atoms with Gasteiger partial charge in [-0.15, -0.1) is 0 Å². The fraction of sp³-hybridized carbons (Fsp3) is 0.111. The first kappa shape index (κ1) is 15.3. The van der Waals surface area contributed by atoms with Crippen molar-refractivity contribution in [1.82, 2.24) is 9.88 Å². The average molecular weight is 327 g/mol. The predicted molar refractivity (Wildman–Crippen MR) is 88.0 cm³/mol. The molecule has 0 radical (unpaired) electrons. The Kier molecular flexibility index (Phi) is 4.74. The highest BCUT2D eigenvalue weighted by Gasteiger charge is 2.18. The first-order chi connectivity index (χ1) is 11.2. The van der Waals surface area contributed by atoms with Crippen molar-refractivity contribution < 1.29 is 9.21 Å². The molecule has 0 aliphatic rings. The number of halogens is 1. The minimum atomic E-state index is -0.116. The zero-order chi connectivity index (χ0) is 16.1. The van der Waals surface area contributed by atoms with Crippen LogP contribution in [0, 0.1) is 0 Å². The van der Waals surface area contributed by atoms with Crippen LogP contribution in [0.3, 0.4) is 0 Å². The standard InChI is InChI=1S/C18H15ClN2O2/c19-15-6-3-5-14(11-15)18(22)21(13-17-8-4-10-23-17)12-16-7-1-2-9-20-16/h1-11H,12-13H2. The van der Waals surface area contributed by atoms with Crippen LogP contribution in [0.2, 0.25) is 5.02 Å². The molecular formula is C18H15ClN2O2. The molecule has 0 atom stereocenters. The third kappa shape index (κ3) is 3.99. The van der Waals surface area contributed by atoms with Gasteiger partial charge in [-0.05, 0) is 42.5 Å². The summed E-state index contributed by atoms with van der Waals surface area (Å²) in [6.45, 7) is 0.766. The Hall–Kier alpha value is -2.59. The van der Waals surface area contributed by atoms with Gasteiger partial charge in [-0.3, -0.25) is 9.78 Å². The topological polar surface area (TPSA) is 46.3 Å². The molecule has 3 aromatic rings. The summed E-state index contributed by atoms with van der Waals surface area (Å²) in [6.07, 6.45) is 3.31. The SMILES string of the molecule is O=C(c1cccc(Cl)c1)N(Cc1ccccn1)Cc1ccco1. The predicted octanol–water partition coefficient (Wildman–Crippen LogP) is 4.17. The van der Waals surface area contributed by atoms with Gasteiger partial charge in [0.05, 0.1) is 25.0 Å². The van der Waals surface area contributed by atoms with Gasteiger partial charge in [0.2, 0.25) is 0 Å². The fourth-order valence-electron chi connectivity index (χ4n) is 2.28. The van der Waals surface area contributed by atoms with Crippen molar-refractivity contribution in [2.24, 2.45) is 0 Å². The smallest absolute Gasteiger partial charge is 0.254 e. The Morgan fingerprint density at radius 2 is 2.00 bits per heavy atom. The Balaban J connectivity index is 1.86. The number of rotatable bonds is 5. The zero-order valence-electron chi connectivity index (χ0n) is 12.4. The molecule has 0 N–H and O–H groups in total. The average Bonchev–Trinajstić information content (AvgIpc) is 3.08. The summed E-state index contributed by atoms with van der Waals surface area (Å²) in [6, 6.07) is 16.2. The minimum Gasteiger partial charge on any atom is -0.467 e. The molecule has 3 rings (SSSR count). The number of benzene rings is 1. The van der Waals surface area contributed by atoms with Gasteiger partial charge in [-0.2, -0.15) is 0 Å². The van der Waals surface area contributed by atoms with Crippen LogP contribution in [0.4, 0.5) is 0 Å². The van der Waals surface area contributed by atoms with E-state index in [1.807, 2.05) is 24.3 Å². The molecule has 0 aliphatic carbocycles. The van der Waals surface area contributed by atoms with Crippen molar-refractivity contribution in [2.75, 3.05) is 0 Å². The molecule has 0 unspecified atom stereocenters. The van der Waals surface area contributed by atoms with E-state index in [1.165, 1.54) is 0 Å². The largest absolute Gasteiger partial charge is 0.467 e. The van der Waals surface area contributed by atoms with Gasteiger partial charge in [-0.1, -0.05) is 23.7 Å². The molecular weight excluding hydrogens is 312 g/mol. The zero-order valence-corrected chi connectivity index (χ0v) is 13.1. The third-order valence-corrected chi connectivity index (χ3v) is 3.60. The molecule has 0 fully saturated rings. The first-order valence-corrected chi connectivity index (χ1v) is 7.57. The summed E-state index contributed by atoms with van der Waals surface area (Å²) in [5.74, 6) is 0.603. The van der Waals surface area contributed by atoms with Gasteiger partial charge < -0.3 is 9.32 Å². The molecule has 1 amide bonds. The monoisotopic (exact) mass is 326 g/mol. The van der Waals surface area contributed by atoms with Gasteiger partial charge >= 0.3 is 0 Å². The van der Waals surface area contributed by atoms with Crippen LogP contribution >= 0.6 is 11.6 Å². The summed E-state index contributed by atoms with van der Waals surface area (Å²) in [7, 11) is 0. The number of pyridine rings is 1. The van der Waals surface area contributed by atoms with Crippen LogP contribution in [0.5, 0.6) is 0 Å². The van der Waals surface area contributed by atoms with Gasteiger partial charge in [0.1, 0.15) is 5.76 Å². The second-order valence-electron chi connectivity index (χ2n) is 5.07. The Labute approximate surface area is 139 Å². The second kappa shape index (κ2) is 7.11. The number of carbonyl (C=O) groups is 1. The molecule has 0 saturated heterocycles. The maximum absolute atomic E-state index is 12.8. The Bertz CT molecular complexity index is 773. The van der Waals surface area contributed by atoms with Crippen LogP contribution in [0.25, 0.3) is 0 Å². The third-order valence-electron chi connectivity index (χ3n) is 3.36. The molecule has 0 spiro atoms. The van der Waals surface area contributed by atoms with Gasteiger partial charge in [-0.25, -0.2) is 0 Å². The molecule has 2 aromatic heterocycles. The summed E-state index contributed by atoms with van der Waals surface area (Å²) < 4.78 is 5.37. The van der Waals surface area contributed by atoms with E-state index in [0.717, 1.165) is 11.5 Å². The number of amides is 1. The van der Waals surface area contributed by atoms with Crippen LogP contribution in [-0.4, -0.2) is 15.8 Å². The fourth-order valence-corrected chi connectivity index (χ4v) is 2.47. The van der Waals surface area contributed by atoms with Crippen LogP contribution in [-0.2, 0) is 13.1 Å². The summed E-state index contributed by atoms with van der Waals surface area (Å²) in [5.41, 5.74) is 1.36. The lowest BCUT2D eigenvalue weighted by Gasteiger charge is -2.21. The van der Waals surface area contributed by atoms with Crippen LogP contribution in [0.15, 0.2) is 71.5 Å². The summed E-state index contributed by atoms with van der Waals surface area (Å²) in [5, 5.41) is 0.534. The van der Waals surface area contributed by atoms with E-state index >= 15 is 0 Å². The lowest BCUT2D eigenvalue weighted by atomic mass is 10.2. The molecule has 23 heavy (non-hydrogen) atoms. The number of nitrogens with zero attached hydrogens (tertiary/aromatic N) is 2.